The minimum absolute atomic E-state index is 0.0359. The van der Waals surface area contributed by atoms with Gasteiger partial charge >= 0.3 is 0 Å². The van der Waals surface area contributed by atoms with E-state index in [0.717, 1.165) is 18.4 Å². The summed E-state index contributed by atoms with van der Waals surface area (Å²) in [5.74, 6) is 0.175. The molecule has 0 amide bonds. The highest BCUT2D eigenvalue weighted by molar-refractivity contribution is 5.25. The van der Waals surface area contributed by atoms with E-state index in [4.69, 9.17) is 19.7 Å². The van der Waals surface area contributed by atoms with E-state index in [1.165, 1.54) is 19.3 Å². The molecule has 1 aliphatic heterocycles. The standard InChI is InChI=1S/C14H20O7.C6H12O/c15-7-10-11(17)12(18)13(19)14(21-10)20-6-5-8-1-3-9(16)4-2-8;7-6-4-2-1-3-5-6/h1-4,10-19H,5-7H2;6-7H,1-5H2/t10-,11-,12+,13-,14-;/m1./s1. The third-order valence-electron chi connectivity index (χ3n) is 5.03. The van der Waals surface area contributed by atoms with Crippen LogP contribution < -0.4 is 0 Å². The second kappa shape index (κ2) is 11.7. The SMILES string of the molecule is OC1CCCCC1.OC[C@H]1O[C@@H](OCCc2ccc(O)cc2)[C@H](O)[C@@H](O)[C@@H]1O. The van der Waals surface area contributed by atoms with Gasteiger partial charge in [0.2, 0.25) is 0 Å². The summed E-state index contributed by atoms with van der Waals surface area (Å²) in [5, 5.41) is 56.2. The topological polar surface area (TPSA) is 140 Å². The largest absolute Gasteiger partial charge is 0.508 e. The number of hydrogen-bond donors (Lipinski definition) is 6. The van der Waals surface area contributed by atoms with Crippen molar-refractivity contribution < 1.29 is 40.1 Å². The zero-order valence-electron chi connectivity index (χ0n) is 15.9. The summed E-state index contributed by atoms with van der Waals surface area (Å²) in [5.41, 5.74) is 0.928. The summed E-state index contributed by atoms with van der Waals surface area (Å²) in [4.78, 5) is 0. The first-order valence-electron chi connectivity index (χ1n) is 9.80. The van der Waals surface area contributed by atoms with Gasteiger partial charge in [0.15, 0.2) is 6.29 Å². The average molecular weight is 400 g/mol. The fourth-order valence-corrected chi connectivity index (χ4v) is 3.24. The summed E-state index contributed by atoms with van der Waals surface area (Å²) in [6.07, 6.45) is 0.155. The number of aliphatic hydroxyl groups excluding tert-OH is 5. The Balaban J connectivity index is 0.000000336. The highest BCUT2D eigenvalue weighted by Crippen LogP contribution is 2.22. The monoisotopic (exact) mass is 400 g/mol. The number of benzene rings is 1. The van der Waals surface area contributed by atoms with Crippen molar-refractivity contribution in [2.45, 2.75) is 75.3 Å². The van der Waals surface area contributed by atoms with Crippen molar-refractivity contribution in [2.24, 2.45) is 0 Å². The fourth-order valence-electron chi connectivity index (χ4n) is 3.24. The Morgan fingerprint density at radius 1 is 0.893 bits per heavy atom. The average Bonchev–Trinajstić information content (AvgIpc) is 2.70. The molecule has 1 heterocycles. The minimum atomic E-state index is -1.44. The normalized spacial score (nSPS) is 31.1. The quantitative estimate of drug-likeness (QED) is 0.408. The van der Waals surface area contributed by atoms with Crippen LogP contribution in [-0.4, -0.2) is 80.7 Å². The summed E-state index contributed by atoms with van der Waals surface area (Å²) in [6.45, 7) is -0.268. The van der Waals surface area contributed by atoms with E-state index >= 15 is 0 Å². The molecule has 160 valence electrons. The van der Waals surface area contributed by atoms with E-state index in [-0.39, 0.29) is 18.5 Å². The molecule has 1 aromatic rings. The van der Waals surface area contributed by atoms with Crippen LogP contribution in [0.3, 0.4) is 0 Å². The first-order valence-corrected chi connectivity index (χ1v) is 9.80. The summed E-state index contributed by atoms with van der Waals surface area (Å²) < 4.78 is 10.6. The predicted octanol–water partition coefficient (Wildman–Crippen LogP) is 0.0626. The molecule has 2 aliphatic rings. The molecule has 5 atom stereocenters. The molecule has 8 heteroatoms. The summed E-state index contributed by atoms with van der Waals surface area (Å²) in [6, 6.07) is 6.60. The first-order chi connectivity index (χ1) is 13.4. The van der Waals surface area contributed by atoms with Gasteiger partial charge in [0.1, 0.15) is 30.2 Å². The van der Waals surface area contributed by atoms with E-state index < -0.39 is 37.3 Å². The molecule has 0 aromatic heterocycles. The van der Waals surface area contributed by atoms with Gasteiger partial charge < -0.3 is 40.1 Å². The maximum atomic E-state index is 9.78. The van der Waals surface area contributed by atoms with Gasteiger partial charge in [-0.25, -0.2) is 0 Å². The zero-order valence-corrected chi connectivity index (χ0v) is 15.9. The number of ether oxygens (including phenoxy) is 2. The van der Waals surface area contributed by atoms with Gasteiger partial charge in [0.25, 0.3) is 0 Å². The van der Waals surface area contributed by atoms with Gasteiger partial charge in [-0.15, -0.1) is 0 Å². The van der Waals surface area contributed by atoms with Crippen molar-refractivity contribution in [3.05, 3.63) is 29.8 Å². The highest BCUT2D eigenvalue weighted by atomic mass is 16.7. The smallest absolute Gasteiger partial charge is 0.186 e. The van der Waals surface area contributed by atoms with Gasteiger partial charge in [-0.3, -0.25) is 0 Å². The number of hydrogen-bond acceptors (Lipinski definition) is 8. The number of aliphatic hydroxyl groups is 5. The lowest BCUT2D eigenvalue weighted by molar-refractivity contribution is -0.300. The molecule has 1 aliphatic carbocycles. The van der Waals surface area contributed by atoms with Crippen LogP contribution in [0.2, 0.25) is 0 Å². The van der Waals surface area contributed by atoms with Crippen LogP contribution in [0.1, 0.15) is 37.7 Å². The second-order valence-corrected chi connectivity index (χ2v) is 7.28. The number of aromatic hydroxyl groups is 1. The third-order valence-corrected chi connectivity index (χ3v) is 5.03. The van der Waals surface area contributed by atoms with Crippen molar-refractivity contribution in [2.75, 3.05) is 13.2 Å². The predicted molar refractivity (Wildman–Crippen MR) is 101 cm³/mol. The van der Waals surface area contributed by atoms with Gasteiger partial charge in [-0.1, -0.05) is 31.4 Å². The Kier molecular flexibility index (Phi) is 9.60. The lowest BCUT2D eigenvalue weighted by Crippen LogP contribution is -2.59. The molecule has 0 spiro atoms. The molecular weight excluding hydrogens is 368 g/mol. The van der Waals surface area contributed by atoms with Gasteiger partial charge in [-0.2, -0.15) is 0 Å². The molecule has 6 N–H and O–H groups in total. The molecule has 0 bridgehead atoms. The third kappa shape index (κ3) is 6.97. The minimum Gasteiger partial charge on any atom is -0.508 e. The maximum absolute atomic E-state index is 9.78. The molecular formula is C20H32O8. The molecule has 1 saturated carbocycles. The molecule has 0 radical (unpaired) electrons. The number of rotatable bonds is 5. The molecule has 28 heavy (non-hydrogen) atoms. The molecule has 2 fully saturated rings. The molecule has 8 nitrogen and oxygen atoms in total. The van der Waals surface area contributed by atoms with Crippen LogP contribution in [0.25, 0.3) is 0 Å². The summed E-state index contributed by atoms with van der Waals surface area (Å²) in [7, 11) is 0. The first kappa shape index (κ1) is 23.0. The van der Waals surface area contributed by atoms with E-state index in [1.807, 2.05) is 0 Å². The van der Waals surface area contributed by atoms with Crippen molar-refractivity contribution >= 4 is 0 Å². The second-order valence-electron chi connectivity index (χ2n) is 7.28. The van der Waals surface area contributed by atoms with Crippen molar-refractivity contribution in [3.63, 3.8) is 0 Å². The Labute approximate surface area is 165 Å². The highest BCUT2D eigenvalue weighted by Gasteiger charge is 2.43. The molecule has 3 rings (SSSR count). The van der Waals surface area contributed by atoms with Crippen LogP contribution in [-0.2, 0) is 15.9 Å². The lowest BCUT2D eigenvalue weighted by atomic mass is 9.98. The van der Waals surface area contributed by atoms with Crippen LogP contribution in [0.15, 0.2) is 24.3 Å². The van der Waals surface area contributed by atoms with Gasteiger partial charge in [-0.05, 0) is 37.0 Å². The Morgan fingerprint density at radius 2 is 1.54 bits per heavy atom. The van der Waals surface area contributed by atoms with Crippen molar-refractivity contribution in [1.29, 1.82) is 0 Å². The Bertz CT molecular complexity index is 544. The summed E-state index contributed by atoms with van der Waals surface area (Å²) >= 11 is 0. The zero-order chi connectivity index (χ0) is 20.5. The van der Waals surface area contributed by atoms with Crippen LogP contribution in [0, 0.1) is 0 Å². The lowest BCUT2D eigenvalue weighted by Gasteiger charge is -2.39. The Hall–Kier alpha value is -1.26. The van der Waals surface area contributed by atoms with E-state index in [9.17, 15) is 20.4 Å². The maximum Gasteiger partial charge on any atom is 0.186 e. The van der Waals surface area contributed by atoms with Crippen LogP contribution >= 0.6 is 0 Å². The fraction of sp³-hybridized carbons (Fsp3) is 0.700. The molecule has 0 unspecified atom stereocenters. The van der Waals surface area contributed by atoms with Crippen molar-refractivity contribution in [1.82, 2.24) is 0 Å². The number of phenolic OH excluding ortho intramolecular Hbond substituents is 1. The van der Waals surface area contributed by atoms with Crippen LogP contribution in [0.5, 0.6) is 5.75 Å². The van der Waals surface area contributed by atoms with Gasteiger partial charge in [0, 0.05) is 0 Å². The van der Waals surface area contributed by atoms with Crippen molar-refractivity contribution in [3.8, 4) is 5.75 Å². The molecule has 1 aromatic carbocycles. The van der Waals surface area contributed by atoms with E-state index in [0.29, 0.717) is 6.42 Å². The molecule has 1 saturated heterocycles. The Morgan fingerprint density at radius 3 is 2.07 bits per heavy atom. The van der Waals surface area contributed by atoms with E-state index in [2.05, 4.69) is 0 Å². The van der Waals surface area contributed by atoms with Gasteiger partial charge in [0.05, 0.1) is 19.3 Å². The number of phenols is 1. The van der Waals surface area contributed by atoms with E-state index in [1.54, 1.807) is 24.3 Å². The van der Waals surface area contributed by atoms with Crippen LogP contribution in [0.4, 0.5) is 0 Å².